The Morgan fingerprint density at radius 2 is 1.77 bits per heavy atom. The number of nitro groups is 1. The van der Waals surface area contributed by atoms with E-state index >= 15 is 0 Å². The first kappa shape index (κ1) is 20.6. The van der Waals surface area contributed by atoms with E-state index < -0.39 is 4.92 Å². The molecule has 1 aliphatic carbocycles. The fourth-order valence-corrected chi connectivity index (χ4v) is 5.03. The van der Waals surface area contributed by atoms with E-state index in [1.54, 1.807) is 18.2 Å². The van der Waals surface area contributed by atoms with Gasteiger partial charge in [-0.05, 0) is 50.0 Å². The predicted octanol–water partition coefficient (Wildman–Crippen LogP) is 3.04. The minimum absolute atomic E-state index is 0.0167. The van der Waals surface area contributed by atoms with Crippen LogP contribution in [0.1, 0.15) is 44.9 Å². The first-order valence-electron chi connectivity index (χ1n) is 11.0. The maximum absolute atomic E-state index is 12.8. The molecule has 0 radical (unpaired) electrons. The number of carbonyl (C=O) groups excluding carboxylic acids is 2. The molecule has 1 saturated carbocycles. The van der Waals surface area contributed by atoms with Crippen molar-refractivity contribution in [3.05, 3.63) is 34.4 Å². The Hall–Kier alpha value is -2.64. The molecule has 1 N–H and O–H groups in total. The van der Waals surface area contributed by atoms with Crippen LogP contribution in [0.5, 0.6) is 0 Å². The number of rotatable bonds is 6. The van der Waals surface area contributed by atoms with Gasteiger partial charge in [0.2, 0.25) is 11.8 Å². The molecule has 3 aliphatic rings. The van der Waals surface area contributed by atoms with E-state index in [2.05, 4.69) is 10.2 Å². The summed E-state index contributed by atoms with van der Waals surface area (Å²) >= 11 is 0. The lowest BCUT2D eigenvalue weighted by atomic mass is 9.90. The van der Waals surface area contributed by atoms with Crippen LogP contribution in [0.25, 0.3) is 0 Å². The molecule has 30 heavy (non-hydrogen) atoms. The Kier molecular flexibility index (Phi) is 5.92. The summed E-state index contributed by atoms with van der Waals surface area (Å²) < 4.78 is 0. The smallest absolute Gasteiger partial charge is 0.292 e. The van der Waals surface area contributed by atoms with Gasteiger partial charge in [0.25, 0.3) is 5.69 Å². The van der Waals surface area contributed by atoms with Crippen LogP contribution in [0.2, 0.25) is 0 Å². The van der Waals surface area contributed by atoms with E-state index in [0.29, 0.717) is 37.6 Å². The summed E-state index contributed by atoms with van der Waals surface area (Å²) in [6.07, 6.45) is 6.55. The largest absolute Gasteiger partial charge is 0.379 e. The number of hydrogen-bond acceptors (Lipinski definition) is 5. The molecular weight excluding hydrogens is 384 g/mol. The highest BCUT2D eigenvalue weighted by Gasteiger charge is 2.59. The Bertz CT molecular complexity index is 813. The van der Waals surface area contributed by atoms with Gasteiger partial charge in [-0.3, -0.25) is 19.7 Å². The lowest BCUT2D eigenvalue weighted by molar-refractivity contribution is -0.384. The second-order valence-electron chi connectivity index (χ2n) is 8.84. The SMILES string of the molecule is O=C(CCNc1ccccc1[N+](=O)[O-])N1CCC2(CC1)C[C@H]2C(=O)N1CCCCC1. The lowest BCUT2D eigenvalue weighted by Crippen LogP contribution is -2.42. The van der Waals surface area contributed by atoms with Gasteiger partial charge in [0.1, 0.15) is 5.69 Å². The summed E-state index contributed by atoms with van der Waals surface area (Å²) in [5.41, 5.74) is 0.571. The van der Waals surface area contributed by atoms with Crippen molar-refractivity contribution in [2.75, 3.05) is 38.0 Å². The number of nitrogens with zero attached hydrogens (tertiary/aromatic N) is 3. The molecular formula is C22H30N4O4. The third kappa shape index (κ3) is 4.27. The van der Waals surface area contributed by atoms with Gasteiger partial charge in [-0.1, -0.05) is 12.1 Å². The normalized spacial score (nSPS) is 22.6. The first-order chi connectivity index (χ1) is 14.5. The molecule has 1 aromatic rings. The summed E-state index contributed by atoms with van der Waals surface area (Å²) in [4.78, 5) is 39.9. The molecule has 8 heteroatoms. The second kappa shape index (κ2) is 8.62. The zero-order valence-electron chi connectivity index (χ0n) is 17.3. The van der Waals surface area contributed by atoms with Crippen LogP contribution in [-0.2, 0) is 9.59 Å². The summed E-state index contributed by atoms with van der Waals surface area (Å²) in [5, 5.41) is 14.1. The molecule has 0 aromatic heterocycles. The minimum Gasteiger partial charge on any atom is -0.379 e. The zero-order valence-corrected chi connectivity index (χ0v) is 17.3. The van der Waals surface area contributed by atoms with Crippen molar-refractivity contribution in [1.82, 2.24) is 9.80 Å². The summed E-state index contributed by atoms with van der Waals surface area (Å²) in [5.74, 6) is 0.562. The van der Waals surface area contributed by atoms with Gasteiger partial charge in [-0.2, -0.15) is 0 Å². The first-order valence-corrected chi connectivity index (χ1v) is 11.0. The van der Waals surface area contributed by atoms with Crippen LogP contribution in [0.15, 0.2) is 24.3 Å². The van der Waals surface area contributed by atoms with Gasteiger partial charge in [0.15, 0.2) is 0 Å². The molecule has 0 unspecified atom stereocenters. The molecule has 2 saturated heterocycles. The topological polar surface area (TPSA) is 95.8 Å². The van der Waals surface area contributed by atoms with Gasteiger partial charge < -0.3 is 15.1 Å². The number of para-hydroxylation sites is 2. The molecule has 0 bridgehead atoms. The van der Waals surface area contributed by atoms with Crippen molar-refractivity contribution in [2.45, 2.75) is 44.9 Å². The Morgan fingerprint density at radius 3 is 2.47 bits per heavy atom. The molecule has 4 rings (SSSR count). The molecule has 1 spiro atoms. The van der Waals surface area contributed by atoms with Gasteiger partial charge in [-0.25, -0.2) is 0 Å². The van der Waals surface area contributed by atoms with Crippen molar-refractivity contribution < 1.29 is 14.5 Å². The zero-order chi connectivity index (χ0) is 21.1. The van der Waals surface area contributed by atoms with Crippen LogP contribution in [0.4, 0.5) is 11.4 Å². The fraction of sp³-hybridized carbons (Fsp3) is 0.636. The summed E-state index contributed by atoms with van der Waals surface area (Å²) in [6.45, 7) is 3.58. The highest BCUT2D eigenvalue weighted by molar-refractivity contribution is 5.83. The molecule has 1 atom stereocenters. The van der Waals surface area contributed by atoms with E-state index in [1.807, 2.05) is 4.90 Å². The molecule has 8 nitrogen and oxygen atoms in total. The molecule has 2 heterocycles. The number of likely N-dealkylation sites (tertiary alicyclic amines) is 2. The van der Waals surface area contributed by atoms with E-state index in [-0.39, 0.29) is 22.9 Å². The van der Waals surface area contributed by atoms with Crippen LogP contribution < -0.4 is 5.32 Å². The Labute approximate surface area is 176 Å². The summed E-state index contributed by atoms with van der Waals surface area (Å²) in [6, 6.07) is 6.46. The van der Waals surface area contributed by atoms with Crippen LogP contribution in [0, 0.1) is 21.4 Å². The molecule has 1 aromatic carbocycles. The number of carbonyl (C=O) groups is 2. The number of nitro benzene ring substituents is 1. The van der Waals surface area contributed by atoms with Crippen LogP contribution >= 0.6 is 0 Å². The van der Waals surface area contributed by atoms with Crippen molar-refractivity contribution >= 4 is 23.2 Å². The number of anilines is 1. The quantitative estimate of drug-likeness (QED) is 0.570. The van der Waals surface area contributed by atoms with E-state index in [0.717, 1.165) is 45.2 Å². The maximum Gasteiger partial charge on any atom is 0.292 e. The standard InChI is InChI=1S/C22H30N4O4/c27-20(8-11-23-18-6-2-3-7-19(18)26(29)30)24-14-9-22(10-15-24)16-17(22)21(28)25-12-4-1-5-13-25/h2-3,6-7,17,23H,1,4-5,8-16H2/t17-/m0/s1. The third-order valence-corrected chi connectivity index (χ3v) is 7.02. The minimum atomic E-state index is -0.425. The van der Waals surface area contributed by atoms with Gasteiger partial charge in [-0.15, -0.1) is 0 Å². The van der Waals surface area contributed by atoms with Gasteiger partial charge in [0.05, 0.1) is 4.92 Å². The van der Waals surface area contributed by atoms with Gasteiger partial charge >= 0.3 is 0 Å². The number of nitrogens with one attached hydrogen (secondary N) is 1. The average Bonchev–Trinajstić information content (AvgIpc) is 3.47. The number of hydrogen-bond donors (Lipinski definition) is 1. The second-order valence-corrected chi connectivity index (χ2v) is 8.84. The Balaban J connectivity index is 1.22. The van der Waals surface area contributed by atoms with Crippen molar-refractivity contribution in [3.63, 3.8) is 0 Å². The van der Waals surface area contributed by atoms with E-state index in [4.69, 9.17) is 0 Å². The van der Waals surface area contributed by atoms with Crippen molar-refractivity contribution in [3.8, 4) is 0 Å². The Morgan fingerprint density at radius 1 is 1.07 bits per heavy atom. The number of amides is 2. The maximum atomic E-state index is 12.8. The van der Waals surface area contributed by atoms with Crippen LogP contribution in [-0.4, -0.2) is 59.3 Å². The van der Waals surface area contributed by atoms with Crippen molar-refractivity contribution in [1.29, 1.82) is 0 Å². The number of piperidine rings is 2. The number of benzene rings is 1. The molecule has 2 aliphatic heterocycles. The van der Waals surface area contributed by atoms with E-state index in [9.17, 15) is 19.7 Å². The third-order valence-electron chi connectivity index (χ3n) is 7.02. The summed E-state index contributed by atoms with van der Waals surface area (Å²) in [7, 11) is 0. The highest BCUT2D eigenvalue weighted by Crippen LogP contribution is 2.60. The molecule has 162 valence electrons. The monoisotopic (exact) mass is 414 g/mol. The molecule has 2 amide bonds. The lowest BCUT2D eigenvalue weighted by Gasteiger charge is -2.34. The van der Waals surface area contributed by atoms with E-state index in [1.165, 1.54) is 12.5 Å². The van der Waals surface area contributed by atoms with Crippen LogP contribution in [0.3, 0.4) is 0 Å². The fourth-order valence-electron chi connectivity index (χ4n) is 5.03. The predicted molar refractivity (Wildman–Crippen MR) is 113 cm³/mol. The van der Waals surface area contributed by atoms with Crippen molar-refractivity contribution in [2.24, 2.45) is 11.3 Å². The van der Waals surface area contributed by atoms with Gasteiger partial charge in [0, 0.05) is 51.1 Å². The highest BCUT2D eigenvalue weighted by atomic mass is 16.6. The average molecular weight is 415 g/mol. The molecule has 3 fully saturated rings.